The van der Waals surface area contributed by atoms with Gasteiger partial charge in [-0.05, 0) is 12.1 Å². The minimum Gasteiger partial charge on any atom is -0.331 e. The highest BCUT2D eigenvalue weighted by Crippen LogP contribution is 2.19. The summed E-state index contributed by atoms with van der Waals surface area (Å²) in [6, 6.07) is 3.05. The summed E-state index contributed by atoms with van der Waals surface area (Å²) in [5.74, 6) is -1.41. The largest absolute Gasteiger partial charge is 0.331 e. The molecule has 0 heterocycles. The van der Waals surface area contributed by atoms with Crippen LogP contribution in [-0.4, -0.2) is 28.8 Å². The summed E-state index contributed by atoms with van der Waals surface area (Å²) in [7, 11) is 0. The van der Waals surface area contributed by atoms with Gasteiger partial charge in [0.2, 0.25) is 5.82 Å². The van der Waals surface area contributed by atoms with E-state index < -0.39 is 22.3 Å². The van der Waals surface area contributed by atoms with Gasteiger partial charge in [-0.2, -0.15) is 4.39 Å². The lowest BCUT2D eigenvalue weighted by molar-refractivity contribution is -0.387. The van der Waals surface area contributed by atoms with Crippen molar-refractivity contribution >= 4 is 11.6 Å². The first-order valence-electron chi connectivity index (χ1n) is 5.46. The van der Waals surface area contributed by atoms with Crippen LogP contribution in [0.1, 0.15) is 10.4 Å². The van der Waals surface area contributed by atoms with Crippen LogP contribution in [-0.2, 0) is 0 Å². The van der Waals surface area contributed by atoms with Crippen molar-refractivity contribution in [1.29, 1.82) is 0 Å². The Kier molecular flexibility index (Phi) is 4.93. The summed E-state index contributed by atoms with van der Waals surface area (Å²) in [5.41, 5.74) is -0.667. The molecule has 100 valence electrons. The number of carbonyl (C=O) groups excluding carboxylic acids is 1. The second kappa shape index (κ2) is 6.44. The van der Waals surface area contributed by atoms with Crippen molar-refractivity contribution in [3.8, 4) is 0 Å². The molecular formula is C13H13FN2O3. The first-order chi connectivity index (χ1) is 9.01. The molecule has 0 aliphatic heterocycles. The topological polar surface area (TPSA) is 63.5 Å². The maximum Gasteiger partial charge on any atom is 0.305 e. The number of halogens is 1. The van der Waals surface area contributed by atoms with Crippen LogP contribution < -0.4 is 0 Å². The van der Waals surface area contributed by atoms with Gasteiger partial charge < -0.3 is 4.90 Å². The standard InChI is InChI=1S/C13H13FN2O3/c1-3-7-15(8-4-2)13(17)10-5-6-11(14)12(9-10)16(18)19/h3-6,9H,1-2,7-8H2. The molecule has 1 amide bonds. The molecule has 5 nitrogen and oxygen atoms in total. The zero-order chi connectivity index (χ0) is 14.4. The molecule has 0 radical (unpaired) electrons. The van der Waals surface area contributed by atoms with E-state index in [9.17, 15) is 19.3 Å². The lowest BCUT2D eigenvalue weighted by atomic mass is 10.1. The van der Waals surface area contributed by atoms with Crippen molar-refractivity contribution in [2.75, 3.05) is 13.1 Å². The molecule has 0 fully saturated rings. The number of rotatable bonds is 6. The van der Waals surface area contributed by atoms with E-state index in [-0.39, 0.29) is 18.7 Å². The molecule has 0 aliphatic rings. The number of benzene rings is 1. The van der Waals surface area contributed by atoms with E-state index in [0.717, 1.165) is 12.1 Å². The average Bonchev–Trinajstić information content (AvgIpc) is 2.38. The third kappa shape index (κ3) is 3.48. The van der Waals surface area contributed by atoms with E-state index >= 15 is 0 Å². The summed E-state index contributed by atoms with van der Waals surface area (Å²) in [6.07, 6.45) is 3.05. The van der Waals surface area contributed by atoms with Gasteiger partial charge in [-0.15, -0.1) is 13.2 Å². The number of hydrogen-bond donors (Lipinski definition) is 0. The molecule has 0 N–H and O–H groups in total. The predicted molar refractivity (Wildman–Crippen MR) is 69.4 cm³/mol. The van der Waals surface area contributed by atoms with Gasteiger partial charge in [-0.3, -0.25) is 14.9 Å². The van der Waals surface area contributed by atoms with Gasteiger partial charge in [0, 0.05) is 24.7 Å². The van der Waals surface area contributed by atoms with Crippen molar-refractivity contribution in [3.63, 3.8) is 0 Å². The first kappa shape index (κ1) is 14.6. The minimum atomic E-state index is -0.972. The van der Waals surface area contributed by atoms with E-state index in [0.29, 0.717) is 0 Å². The Morgan fingerprint density at radius 3 is 2.42 bits per heavy atom. The van der Waals surface area contributed by atoms with Crippen molar-refractivity contribution in [2.45, 2.75) is 0 Å². The molecule has 0 atom stereocenters. The Labute approximate surface area is 109 Å². The highest BCUT2D eigenvalue weighted by molar-refractivity contribution is 5.95. The van der Waals surface area contributed by atoms with Crippen molar-refractivity contribution in [2.24, 2.45) is 0 Å². The predicted octanol–water partition coefficient (Wildman–Crippen LogP) is 2.55. The van der Waals surface area contributed by atoms with Gasteiger partial charge in [-0.1, -0.05) is 12.2 Å². The van der Waals surface area contributed by atoms with E-state index in [1.165, 1.54) is 23.1 Å². The third-order valence-corrected chi connectivity index (χ3v) is 2.38. The molecule has 1 aromatic rings. The third-order valence-electron chi connectivity index (χ3n) is 2.38. The molecule has 0 saturated carbocycles. The van der Waals surface area contributed by atoms with Crippen LogP contribution in [0.15, 0.2) is 43.5 Å². The smallest absolute Gasteiger partial charge is 0.305 e. The van der Waals surface area contributed by atoms with E-state index in [4.69, 9.17) is 0 Å². The van der Waals surface area contributed by atoms with Gasteiger partial charge in [0.1, 0.15) is 0 Å². The number of nitro groups is 1. The summed E-state index contributed by atoms with van der Waals surface area (Å²) >= 11 is 0. The van der Waals surface area contributed by atoms with Crippen molar-refractivity contribution in [1.82, 2.24) is 4.90 Å². The maximum atomic E-state index is 13.2. The Bertz CT molecular complexity index is 519. The molecule has 1 aromatic carbocycles. The van der Waals surface area contributed by atoms with Crippen LogP contribution in [0.5, 0.6) is 0 Å². The lowest BCUT2D eigenvalue weighted by Gasteiger charge is -2.19. The van der Waals surface area contributed by atoms with Crippen LogP contribution in [0.3, 0.4) is 0 Å². The first-order valence-corrected chi connectivity index (χ1v) is 5.46. The van der Waals surface area contributed by atoms with Crippen LogP contribution in [0.2, 0.25) is 0 Å². The molecule has 0 aromatic heterocycles. The summed E-state index contributed by atoms with van der Waals surface area (Å²) in [4.78, 5) is 23.2. The Balaban J connectivity index is 3.10. The van der Waals surface area contributed by atoms with Crippen molar-refractivity contribution < 1.29 is 14.1 Å². The van der Waals surface area contributed by atoms with Crippen LogP contribution >= 0.6 is 0 Å². The van der Waals surface area contributed by atoms with Gasteiger partial charge in [0.05, 0.1) is 4.92 Å². The molecule has 6 heteroatoms. The average molecular weight is 264 g/mol. The summed E-state index contributed by atoms with van der Waals surface area (Å²) in [6.45, 7) is 7.59. The van der Waals surface area contributed by atoms with E-state index in [1.807, 2.05) is 0 Å². The molecule has 0 unspecified atom stereocenters. The monoisotopic (exact) mass is 264 g/mol. The highest BCUT2D eigenvalue weighted by atomic mass is 19.1. The number of hydrogen-bond acceptors (Lipinski definition) is 3. The molecule has 19 heavy (non-hydrogen) atoms. The van der Waals surface area contributed by atoms with Crippen LogP contribution in [0.4, 0.5) is 10.1 Å². The zero-order valence-corrected chi connectivity index (χ0v) is 10.2. The number of carbonyl (C=O) groups is 1. The molecule has 0 aliphatic carbocycles. The van der Waals surface area contributed by atoms with Crippen molar-refractivity contribution in [3.05, 3.63) is 65.0 Å². The van der Waals surface area contributed by atoms with Gasteiger partial charge in [-0.25, -0.2) is 0 Å². The number of nitro benzene ring substituents is 1. The Morgan fingerprint density at radius 2 is 1.95 bits per heavy atom. The second-order valence-electron chi connectivity index (χ2n) is 3.71. The number of nitrogens with zero attached hydrogens (tertiary/aromatic N) is 2. The normalized spacial score (nSPS) is 9.74. The molecule has 0 saturated heterocycles. The highest BCUT2D eigenvalue weighted by Gasteiger charge is 2.20. The van der Waals surface area contributed by atoms with Crippen LogP contribution in [0.25, 0.3) is 0 Å². The quantitative estimate of drug-likeness (QED) is 0.450. The molecule has 0 bridgehead atoms. The molecule has 0 spiro atoms. The fourth-order valence-electron chi connectivity index (χ4n) is 1.52. The van der Waals surface area contributed by atoms with E-state index in [2.05, 4.69) is 13.2 Å². The second-order valence-corrected chi connectivity index (χ2v) is 3.71. The van der Waals surface area contributed by atoms with Gasteiger partial charge >= 0.3 is 5.69 Å². The summed E-state index contributed by atoms with van der Waals surface area (Å²) < 4.78 is 13.2. The minimum absolute atomic E-state index is 0.0526. The van der Waals surface area contributed by atoms with Gasteiger partial charge in [0.15, 0.2) is 0 Å². The van der Waals surface area contributed by atoms with Crippen LogP contribution in [0, 0.1) is 15.9 Å². The zero-order valence-electron chi connectivity index (χ0n) is 10.2. The van der Waals surface area contributed by atoms with E-state index in [1.54, 1.807) is 0 Å². The maximum absolute atomic E-state index is 13.2. The van der Waals surface area contributed by atoms with Gasteiger partial charge in [0.25, 0.3) is 5.91 Å². The number of amides is 1. The summed E-state index contributed by atoms with van der Waals surface area (Å²) in [5, 5.41) is 10.6. The fourth-order valence-corrected chi connectivity index (χ4v) is 1.52. The Morgan fingerprint density at radius 1 is 1.37 bits per heavy atom. The Hall–Kier alpha value is -2.50. The molecular weight excluding hydrogens is 251 g/mol. The molecule has 1 rings (SSSR count). The SMILES string of the molecule is C=CCN(CC=C)C(=O)c1ccc(F)c([N+](=O)[O-])c1. The fraction of sp³-hybridized carbons (Fsp3) is 0.154. The lowest BCUT2D eigenvalue weighted by Crippen LogP contribution is -2.31.